The summed E-state index contributed by atoms with van der Waals surface area (Å²) in [6.07, 6.45) is 3.02. The lowest BCUT2D eigenvalue weighted by Crippen LogP contribution is -2.46. The summed E-state index contributed by atoms with van der Waals surface area (Å²) in [6, 6.07) is -0.329. The van der Waals surface area contributed by atoms with Crippen LogP contribution in [0.1, 0.15) is 26.2 Å². The number of allylic oxidation sites excluding steroid dienone is 1. The molecule has 0 aliphatic heterocycles. The number of carboxylic acid groups (broad SMARTS) is 1. The third kappa shape index (κ3) is 7.67. The van der Waals surface area contributed by atoms with Gasteiger partial charge in [0.2, 0.25) is 0 Å². The van der Waals surface area contributed by atoms with E-state index in [4.69, 9.17) is 5.11 Å². The average molecular weight is 258 g/mol. The van der Waals surface area contributed by atoms with E-state index in [2.05, 4.69) is 11.9 Å². The van der Waals surface area contributed by atoms with E-state index >= 15 is 0 Å². The second kappa shape index (κ2) is 7.71. The summed E-state index contributed by atoms with van der Waals surface area (Å²) < 4.78 is 0. The molecule has 0 bridgehead atoms. The lowest BCUT2D eigenvalue weighted by atomic mass is 10.0. The molecule has 0 aromatic rings. The third-order valence-corrected chi connectivity index (χ3v) is 2.40. The van der Waals surface area contributed by atoms with Crippen LogP contribution in [0.5, 0.6) is 0 Å². The van der Waals surface area contributed by atoms with Gasteiger partial charge in [0.25, 0.3) is 0 Å². The number of nitrogens with zero attached hydrogens (tertiary/aromatic N) is 1. The number of aliphatic carboxylic acids is 1. The van der Waals surface area contributed by atoms with Crippen molar-refractivity contribution in [3.8, 4) is 0 Å². The fourth-order valence-electron chi connectivity index (χ4n) is 1.36. The standard InChI is InChI=1S/C12H22N2O4/c1-4-5-6-7-14(3)11(17)13-9-12(2,18)8-10(15)16/h4,18H,1,5-9H2,2-3H3,(H,13,17)(H,15,16). The normalized spacial score (nSPS) is 13.5. The quantitative estimate of drug-likeness (QED) is 0.444. The molecule has 3 N–H and O–H groups in total. The Morgan fingerprint density at radius 2 is 2.11 bits per heavy atom. The van der Waals surface area contributed by atoms with Gasteiger partial charge in [0.15, 0.2) is 0 Å². The van der Waals surface area contributed by atoms with Crippen LogP contribution in [0.15, 0.2) is 12.7 Å². The van der Waals surface area contributed by atoms with Crippen LogP contribution in [0.3, 0.4) is 0 Å². The van der Waals surface area contributed by atoms with Gasteiger partial charge in [-0.25, -0.2) is 4.79 Å². The molecule has 0 heterocycles. The van der Waals surface area contributed by atoms with Crippen LogP contribution in [-0.2, 0) is 4.79 Å². The number of rotatable bonds is 8. The van der Waals surface area contributed by atoms with Crippen molar-refractivity contribution in [2.24, 2.45) is 0 Å². The second-order valence-electron chi connectivity index (χ2n) is 4.58. The Bertz CT molecular complexity index is 302. The Hall–Kier alpha value is -1.56. The van der Waals surface area contributed by atoms with Gasteiger partial charge in [-0.3, -0.25) is 4.79 Å². The molecule has 18 heavy (non-hydrogen) atoms. The number of aliphatic hydroxyl groups is 1. The number of urea groups is 1. The molecule has 0 aromatic carbocycles. The molecule has 6 nitrogen and oxygen atoms in total. The molecule has 104 valence electrons. The predicted octanol–water partition coefficient (Wildman–Crippen LogP) is 0.820. The Morgan fingerprint density at radius 1 is 1.50 bits per heavy atom. The number of carbonyl (C=O) groups is 2. The summed E-state index contributed by atoms with van der Waals surface area (Å²) in [6.45, 7) is 5.45. The number of unbranched alkanes of at least 4 members (excludes halogenated alkanes) is 1. The SMILES string of the molecule is C=CCCCN(C)C(=O)NCC(C)(O)CC(=O)O. The molecule has 0 aliphatic rings. The van der Waals surface area contributed by atoms with E-state index in [1.165, 1.54) is 11.8 Å². The van der Waals surface area contributed by atoms with Crippen LogP contribution in [0.4, 0.5) is 4.79 Å². The van der Waals surface area contributed by atoms with Crippen molar-refractivity contribution < 1.29 is 19.8 Å². The molecule has 0 aromatic heterocycles. The Morgan fingerprint density at radius 3 is 2.61 bits per heavy atom. The molecular weight excluding hydrogens is 236 g/mol. The van der Waals surface area contributed by atoms with Gasteiger partial charge >= 0.3 is 12.0 Å². The zero-order valence-corrected chi connectivity index (χ0v) is 11.0. The number of carbonyl (C=O) groups excluding carboxylic acids is 1. The number of hydrogen-bond acceptors (Lipinski definition) is 3. The molecule has 1 atom stereocenters. The minimum absolute atomic E-state index is 0.0933. The molecular formula is C12H22N2O4. The highest BCUT2D eigenvalue weighted by Gasteiger charge is 2.25. The van der Waals surface area contributed by atoms with Crippen LogP contribution in [0, 0.1) is 0 Å². The van der Waals surface area contributed by atoms with Crippen molar-refractivity contribution in [1.29, 1.82) is 0 Å². The van der Waals surface area contributed by atoms with Crippen LogP contribution in [-0.4, -0.2) is 52.9 Å². The van der Waals surface area contributed by atoms with E-state index in [0.717, 1.165) is 12.8 Å². The molecule has 0 fully saturated rings. The van der Waals surface area contributed by atoms with E-state index in [1.54, 1.807) is 13.1 Å². The maximum atomic E-state index is 11.6. The highest BCUT2D eigenvalue weighted by Crippen LogP contribution is 2.07. The van der Waals surface area contributed by atoms with Crippen LogP contribution in [0.2, 0.25) is 0 Å². The lowest BCUT2D eigenvalue weighted by Gasteiger charge is -2.24. The van der Waals surface area contributed by atoms with Gasteiger partial charge in [0.1, 0.15) is 0 Å². The number of carboxylic acids is 1. The van der Waals surface area contributed by atoms with E-state index < -0.39 is 18.0 Å². The summed E-state index contributed by atoms with van der Waals surface area (Å²) in [5, 5.41) is 20.8. The van der Waals surface area contributed by atoms with Crippen molar-refractivity contribution in [3.05, 3.63) is 12.7 Å². The van der Waals surface area contributed by atoms with E-state index in [0.29, 0.717) is 6.54 Å². The number of hydrogen-bond donors (Lipinski definition) is 3. The Kier molecular flexibility index (Phi) is 7.04. The first-order valence-electron chi connectivity index (χ1n) is 5.82. The highest BCUT2D eigenvalue weighted by atomic mass is 16.4. The minimum atomic E-state index is -1.44. The summed E-state index contributed by atoms with van der Waals surface area (Å²) in [4.78, 5) is 23.6. The zero-order valence-electron chi connectivity index (χ0n) is 11.0. The third-order valence-electron chi connectivity index (χ3n) is 2.40. The van der Waals surface area contributed by atoms with E-state index in [9.17, 15) is 14.7 Å². The molecule has 0 rings (SSSR count). The van der Waals surface area contributed by atoms with Crippen molar-refractivity contribution in [1.82, 2.24) is 10.2 Å². The maximum absolute atomic E-state index is 11.6. The van der Waals surface area contributed by atoms with Gasteiger partial charge in [-0.1, -0.05) is 6.08 Å². The monoisotopic (exact) mass is 258 g/mol. The molecule has 0 saturated carbocycles. The number of nitrogens with one attached hydrogen (secondary N) is 1. The summed E-state index contributed by atoms with van der Waals surface area (Å²) in [5.41, 5.74) is -1.44. The average Bonchev–Trinajstić information content (AvgIpc) is 2.24. The van der Waals surface area contributed by atoms with Crippen molar-refractivity contribution in [3.63, 3.8) is 0 Å². The molecule has 0 saturated heterocycles. The lowest BCUT2D eigenvalue weighted by molar-refractivity contribution is -0.141. The Labute approximate surface area is 107 Å². The summed E-state index contributed by atoms with van der Waals surface area (Å²) >= 11 is 0. The van der Waals surface area contributed by atoms with Crippen LogP contribution in [0.25, 0.3) is 0 Å². The van der Waals surface area contributed by atoms with Gasteiger partial charge in [0, 0.05) is 20.1 Å². The fourth-order valence-corrected chi connectivity index (χ4v) is 1.36. The first-order chi connectivity index (χ1) is 8.28. The fraction of sp³-hybridized carbons (Fsp3) is 0.667. The first-order valence-corrected chi connectivity index (χ1v) is 5.82. The molecule has 1 unspecified atom stereocenters. The largest absolute Gasteiger partial charge is 0.481 e. The van der Waals surface area contributed by atoms with Gasteiger partial charge in [0.05, 0.1) is 12.0 Å². The smallest absolute Gasteiger partial charge is 0.317 e. The molecule has 6 heteroatoms. The predicted molar refractivity (Wildman–Crippen MR) is 68.3 cm³/mol. The number of amides is 2. The molecule has 0 radical (unpaired) electrons. The highest BCUT2D eigenvalue weighted by molar-refractivity contribution is 5.74. The second-order valence-corrected chi connectivity index (χ2v) is 4.58. The topological polar surface area (TPSA) is 89.9 Å². The van der Waals surface area contributed by atoms with Gasteiger partial charge < -0.3 is 20.4 Å². The van der Waals surface area contributed by atoms with E-state index in [-0.39, 0.29) is 12.6 Å². The minimum Gasteiger partial charge on any atom is -0.481 e. The molecule has 2 amide bonds. The first kappa shape index (κ1) is 16.4. The summed E-state index contributed by atoms with van der Waals surface area (Å²) in [7, 11) is 1.64. The van der Waals surface area contributed by atoms with Gasteiger partial charge in [-0.05, 0) is 19.8 Å². The van der Waals surface area contributed by atoms with Crippen molar-refractivity contribution >= 4 is 12.0 Å². The maximum Gasteiger partial charge on any atom is 0.317 e. The summed E-state index contributed by atoms with van der Waals surface area (Å²) in [5.74, 6) is -1.10. The molecule has 0 aliphatic carbocycles. The van der Waals surface area contributed by atoms with Crippen LogP contribution < -0.4 is 5.32 Å². The van der Waals surface area contributed by atoms with Crippen LogP contribution >= 0.6 is 0 Å². The molecule has 0 spiro atoms. The zero-order chi connectivity index (χ0) is 14.2. The Balaban J connectivity index is 4.00. The van der Waals surface area contributed by atoms with E-state index in [1.807, 2.05) is 0 Å². The van der Waals surface area contributed by atoms with Gasteiger partial charge in [-0.15, -0.1) is 6.58 Å². The van der Waals surface area contributed by atoms with Crippen molar-refractivity contribution in [2.45, 2.75) is 31.8 Å². The van der Waals surface area contributed by atoms with Crippen molar-refractivity contribution in [2.75, 3.05) is 20.1 Å². The van der Waals surface area contributed by atoms with Gasteiger partial charge in [-0.2, -0.15) is 0 Å².